The maximum absolute atomic E-state index is 6.51. The Bertz CT molecular complexity index is 666. The zero-order valence-electron chi connectivity index (χ0n) is 13.2. The molecular weight excluding hydrogens is 270 g/mol. The molecule has 4 rings (SSSR count). The molecule has 0 radical (unpaired) electrons. The molecule has 2 atom stereocenters. The van der Waals surface area contributed by atoms with Crippen LogP contribution < -0.4 is 4.74 Å². The van der Waals surface area contributed by atoms with Crippen LogP contribution in [0.3, 0.4) is 0 Å². The second kappa shape index (κ2) is 5.77. The van der Waals surface area contributed by atoms with Gasteiger partial charge in [-0.25, -0.2) is 0 Å². The minimum Gasteiger partial charge on any atom is -0.488 e. The van der Waals surface area contributed by atoms with Gasteiger partial charge in [0.1, 0.15) is 11.9 Å². The van der Waals surface area contributed by atoms with Gasteiger partial charge in [0.2, 0.25) is 0 Å². The van der Waals surface area contributed by atoms with E-state index in [9.17, 15) is 0 Å². The van der Waals surface area contributed by atoms with Crippen molar-refractivity contribution >= 4 is 0 Å². The zero-order chi connectivity index (χ0) is 14.9. The molecule has 1 aliphatic carbocycles. The van der Waals surface area contributed by atoms with Crippen molar-refractivity contribution in [2.24, 2.45) is 0 Å². The zero-order valence-corrected chi connectivity index (χ0v) is 13.2. The van der Waals surface area contributed by atoms with Crippen molar-refractivity contribution in [2.45, 2.75) is 44.4 Å². The monoisotopic (exact) mass is 293 g/mol. The van der Waals surface area contributed by atoms with Crippen LogP contribution in [0.15, 0.2) is 48.5 Å². The first-order valence-corrected chi connectivity index (χ1v) is 8.37. The summed E-state index contributed by atoms with van der Waals surface area (Å²) < 4.78 is 6.51. The highest BCUT2D eigenvalue weighted by Crippen LogP contribution is 2.37. The fourth-order valence-electron chi connectivity index (χ4n) is 3.98. The molecule has 0 amide bonds. The first kappa shape index (κ1) is 13.8. The van der Waals surface area contributed by atoms with E-state index >= 15 is 0 Å². The normalized spacial score (nSPS) is 24.8. The van der Waals surface area contributed by atoms with Crippen LogP contribution >= 0.6 is 0 Å². The van der Waals surface area contributed by atoms with Crippen LogP contribution in [0.4, 0.5) is 0 Å². The number of fused-ring (bicyclic) bond motifs is 4. The Kier molecular flexibility index (Phi) is 3.63. The van der Waals surface area contributed by atoms with Crippen LogP contribution in [-0.2, 0) is 6.54 Å². The number of para-hydroxylation sites is 1. The number of hydrogen-bond acceptors (Lipinski definition) is 2. The Morgan fingerprint density at radius 2 is 1.64 bits per heavy atom. The summed E-state index contributed by atoms with van der Waals surface area (Å²) >= 11 is 0. The van der Waals surface area contributed by atoms with Gasteiger partial charge in [0, 0.05) is 18.2 Å². The van der Waals surface area contributed by atoms with E-state index in [-0.39, 0.29) is 0 Å². The van der Waals surface area contributed by atoms with E-state index in [0.717, 1.165) is 12.3 Å². The molecular formula is C20H23NO. The van der Waals surface area contributed by atoms with Crippen LogP contribution in [0.1, 0.15) is 31.2 Å². The fraction of sp³-hybridized carbons (Fsp3) is 0.400. The number of likely N-dealkylation sites (N-methyl/N-ethyl adjacent to an activating group) is 1. The van der Waals surface area contributed by atoms with Gasteiger partial charge < -0.3 is 4.74 Å². The summed E-state index contributed by atoms with van der Waals surface area (Å²) in [5.41, 5.74) is 3.94. The lowest BCUT2D eigenvalue weighted by molar-refractivity contribution is 0.0474. The van der Waals surface area contributed by atoms with Crippen LogP contribution in [0.5, 0.6) is 5.75 Å². The predicted molar refractivity (Wildman–Crippen MR) is 90.0 cm³/mol. The third kappa shape index (κ3) is 2.42. The average Bonchev–Trinajstić information content (AvgIpc) is 2.61. The van der Waals surface area contributed by atoms with E-state index in [4.69, 9.17) is 4.74 Å². The van der Waals surface area contributed by atoms with Crippen LogP contribution in [0.25, 0.3) is 11.1 Å². The maximum Gasteiger partial charge on any atom is 0.127 e. The van der Waals surface area contributed by atoms with Crippen LogP contribution in [0, 0.1) is 0 Å². The average molecular weight is 293 g/mol. The lowest BCUT2D eigenvalue weighted by atomic mass is 9.91. The Hall–Kier alpha value is -1.80. The number of benzene rings is 2. The van der Waals surface area contributed by atoms with Gasteiger partial charge in [-0.1, -0.05) is 48.9 Å². The molecule has 1 fully saturated rings. The first-order valence-electron chi connectivity index (χ1n) is 8.37. The summed E-state index contributed by atoms with van der Waals surface area (Å²) in [6.07, 6.45) is 5.32. The molecule has 0 saturated heterocycles. The number of ether oxygens (including phenoxy) is 1. The number of rotatable bonds is 0. The van der Waals surface area contributed by atoms with Gasteiger partial charge in [0.25, 0.3) is 0 Å². The Balaban J connectivity index is 1.85. The van der Waals surface area contributed by atoms with E-state index in [0.29, 0.717) is 12.1 Å². The quantitative estimate of drug-likeness (QED) is 0.709. The van der Waals surface area contributed by atoms with Crippen molar-refractivity contribution in [3.63, 3.8) is 0 Å². The molecule has 2 nitrogen and oxygen atoms in total. The molecule has 0 bridgehead atoms. The SMILES string of the molecule is CN1Cc2ccccc2-c2ccccc2O[C@@H]2CCCC[C@H]21. The molecule has 1 saturated carbocycles. The van der Waals surface area contributed by atoms with Gasteiger partial charge in [-0.05, 0) is 43.5 Å². The Morgan fingerprint density at radius 3 is 2.55 bits per heavy atom. The largest absolute Gasteiger partial charge is 0.488 e. The van der Waals surface area contributed by atoms with Gasteiger partial charge in [0.15, 0.2) is 0 Å². The Labute approximate surface area is 132 Å². The van der Waals surface area contributed by atoms with Crippen molar-refractivity contribution in [1.82, 2.24) is 4.90 Å². The van der Waals surface area contributed by atoms with E-state index in [1.807, 2.05) is 0 Å². The van der Waals surface area contributed by atoms with Gasteiger partial charge in [0.05, 0.1) is 0 Å². The highest BCUT2D eigenvalue weighted by atomic mass is 16.5. The number of nitrogens with zero attached hydrogens (tertiary/aromatic N) is 1. The summed E-state index contributed by atoms with van der Waals surface area (Å²) in [7, 11) is 2.25. The molecule has 0 unspecified atom stereocenters. The first-order chi connectivity index (χ1) is 10.8. The van der Waals surface area contributed by atoms with Gasteiger partial charge in [-0.3, -0.25) is 4.90 Å². The highest BCUT2D eigenvalue weighted by Gasteiger charge is 2.32. The second-order valence-electron chi connectivity index (χ2n) is 6.58. The minimum absolute atomic E-state index is 0.314. The summed E-state index contributed by atoms with van der Waals surface area (Å²) in [5.74, 6) is 1.04. The maximum atomic E-state index is 6.51. The molecule has 0 N–H and O–H groups in total. The van der Waals surface area contributed by atoms with E-state index in [1.54, 1.807) is 0 Å². The molecule has 22 heavy (non-hydrogen) atoms. The molecule has 1 heterocycles. The standard InChI is InChI=1S/C20H23NO/c1-21-14-15-8-2-3-9-16(15)17-10-4-6-12-19(17)22-20-13-7-5-11-18(20)21/h2-4,6,8-10,12,18,20H,5,7,11,13-14H2,1H3/t18-,20-/m1/s1. The fourth-order valence-corrected chi connectivity index (χ4v) is 3.98. The minimum atomic E-state index is 0.314. The molecule has 0 aromatic heterocycles. The van der Waals surface area contributed by atoms with E-state index in [2.05, 4.69) is 60.5 Å². The van der Waals surface area contributed by atoms with Crippen molar-refractivity contribution in [1.29, 1.82) is 0 Å². The van der Waals surface area contributed by atoms with Gasteiger partial charge >= 0.3 is 0 Å². The van der Waals surface area contributed by atoms with E-state index < -0.39 is 0 Å². The lowest BCUT2D eigenvalue weighted by Crippen LogP contribution is -2.45. The lowest BCUT2D eigenvalue weighted by Gasteiger charge is -2.37. The van der Waals surface area contributed by atoms with Crippen molar-refractivity contribution in [2.75, 3.05) is 7.05 Å². The van der Waals surface area contributed by atoms with Crippen LogP contribution in [-0.4, -0.2) is 24.1 Å². The summed E-state index contributed by atoms with van der Waals surface area (Å²) in [5, 5.41) is 0. The molecule has 2 heteroatoms. The Morgan fingerprint density at radius 1 is 0.909 bits per heavy atom. The third-order valence-corrected chi connectivity index (χ3v) is 5.13. The second-order valence-corrected chi connectivity index (χ2v) is 6.58. The molecule has 2 aromatic rings. The summed E-state index contributed by atoms with van der Waals surface area (Å²) in [4.78, 5) is 2.49. The van der Waals surface area contributed by atoms with E-state index in [1.165, 1.54) is 42.4 Å². The van der Waals surface area contributed by atoms with Crippen LogP contribution in [0.2, 0.25) is 0 Å². The molecule has 2 aliphatic rings. The van der Waals surface area contributed by atoms with Crippen molar-refractivity contribution in [3.8, 4) is 16.9 Å². The van der Waals surface area contributed by atoms with Gasteiger partial charge in [-0.2, -0.15) is 0 Å². The predicted octanol–water partition coefficient (Wildman–Crippen LogP) is 4.49. The summed E-state index contributed by atoms with van der Waals surface area (Å²) in [6.45, 7) is 0.995. The number of hydrogen-bond donors (Lipinski definition) is 0. The molecule has 1 aliphatic heterocycles. The van der Waals surface area contributed by atoms with Crippen molar-refractivity contribution in [3.05, 3.63) is 54.1 Å². The summed E-state index contributed by atoms with van der Waals surface area (Å²) in [6, 6.07) is 17.8. The highest BCUT2D eigenvalue weighted by molar-refractivity contribution is 5.73. The smallest absolute Gasteiger partial charge is 0.127 e. The van der Waals surface area contributed by atoms with Crippen molar-refractivity contribution < 1.29 is 4.74 Å². The third-order valence-electron chi connectivity index (χ3n) is 5.13. The molecule has 114 valence electrons. The molecule has 0 spiro atoms. The topological polar surface area (TPSA) is 12.5 Å². The van der Waals surface area contributed by atoms with Gasteiger partial charge in [-0.15, -0.1) is 0 Å². The molecule has 2 aromatic carbocycles.